The molecule has 0 atom stereocenters. The van der Waals surface area contributed by atoms with Gasteiger partial charge in [-0.25, -0.2) is 8.42 Å². The van der Waals surface area contributed by atoms with Crippen LogP contribution in [0.4, 0.5) is 0 Å². The topological polar surface area (TPSA) is 37.4 Å². The minimum atomic E-state index is -3.45. The molecule has 25 heavy (non-hydrogen) atoms. The molecule has 2 aliphatic heterocycles. The Morgan fingerprint density at radius 2 is 1.68 bits per heavy atom. The standard InChI is InChI=1S/C20H17NO2S2/c22-25(23,18-4-2-1-3-5-18)19-8-6-16(7-9-19)14-21-12-10-17-11-13-24-20(17)15-21/h1-12,15H,13-14H2. The molecular weight excluding hydrogens is 350 g/mol. The first-order chi connectivity index (χ1) is 12.1. The van der Waals surface area contributed by atoms with Crippen LogP contribution in [-0.4, -0.2) is 19.1 Å². The summed E-state index contributed by atoms with van der Waals surface area (Å²) in [7, 11) is -3.45. The zero-order valence-corrected chi connectivity index (χ0v) is 15.1. The van der Waals surface area contributed by atoms with E-state index in [9.17, 15) is 8.42 Å². The third-order valence-electron chi connectivity index (χ3n) is 4.21. The molecule has 2 aromatic rings. The Balaban J connectivity index is 1.52. The Labute approximate surface area is 152 Å². The average Bonchev–Trinajstić information content (AvgIpc) is 3.11. The van der Waals surface area contributed by atoms with Gasteiger partial charge in [0.1, 0.15) is 0 Å². The molecule has 0 aromatic heterocycles. The van der Waals surface area contributed by atoms with Crippen molar-refractivity contribution in [1.82, 2.24) is 4.90 Å². The van der Waals surface area contributed by atoms with Crippen molar-refractivity contribution in [1.29, 1.82) is 0 Å². The highest BCUT2D eigenvalue weighted by Crippen LogP contribution is 2.35. The fourth-order valence-electron chi connectivity index (χ4n) is 2.86. The lowest BCUT2D eigenvalue weighted by Gasteiger charge is -2.21. The van der Waals surface area contributed by atoms with Gasteiger partial charge < -0.3 is 4.90 Å². The van der Waals surface area contributed by atoms with E-state index in [4.69, 9.17) is 0 Å². The van der Waals surface area contributed by atoms with E-state index in [1.165, 1.54) is 10.5 Å². The van der Waals surface area contributed by atoms with Gasteiger partial charge in [0.25, 0.3) is 0 Å². The Kier molecular flexibility index (Phi) is 4.27. The number of thioether (sulfide) groups is 1. The van der Waals surface area contributed by atoms with Crippen LogP contribution in [0.2, 0.25) is 0 Å². The minimum Gasteiger partial charge on any atom is -0.349 e. The van der Waals surface area contributed by atoms with Crippen molar-refractivity contribution in [3.63, 3.8) is 0 Å². The van der Waals surface area contributed by atoms with Crippen LogP contribution < -0.4 is 0 Å². The molecule has 2 aliphatic rings. The second-order valence-corrected chi connectivity index (χ2v) is 8.92. The molecule has 0 spiro atoms. The van der Waals surface area contributed by atoms with Crippen LogP contribution in [0.15, 0.2) is 99.4 Å². The lowest BCUT2D eigenvalue weighted by atomic mass is 10.1. The summed E-state index contributed by atoms with van der Waals surface area (Å²) in [6.07, 6.45) is 8.57. The summed E-state index contributed by atoms with van der Waals surface area (Å²) in [5.41, 5.74) is 2.37. The molecule has 0 amide bonds. The summed E-state index contributed by atoms with van der Waals surface area (Å²) >= 11 is 1.84. The van der Waals surface area contributed by atoms with Gasteiger partial charge in [-0.3, -0.25) is 0 Å². The molecule has 2 heterocycles. The van der Waals surface area contributed by atoms with Gasteiger partial charge in [0.15, 0.2) is 0 Å². The maximum atomic E-state index is 12.6. The van der Waals surface area contributed by atoms with Crippen molar-refractivity contribution in [3.05, 3.63) is 95.2 Å². The van der Waals surface area contributed by atoms with Gasteiger partial charge in [-0.05, 0) is 41.5 Å². The van der Waals surface area contributed by atoms with E-state index in [1.54, 1.807) is 36.4 Å². The zero-order valence-electron chi connectivity index (χ0n) is 13.5. The molecule has 0 aliphatic carbocycles. The third-order valence-corrected chi connectivity index (χ3v) is 6.98. The van der Waals surface area contributed by atoms with Crippen LogP contribution in [0.3, 0.4) is 0 Å². The van der Waals surface area contributed by atoms with Crippen molar-refractivity contribution in [2.75, 3.05) is 5.75 Å². The van der Waals surface area contributed by atoms with E-state index in [-0.39, 0.29) is 0 Å². The van der Waals surface area contributed by atoms with Crippen molar-refractivity contribution < 1.29 is 8.42 Å². The van der Waals surface area contributed by atoms with Gasteiger partial charge in [-0.1, -0.05) is 36.4 Å². The largest absolute Gasteiger partial charge is 0.349 e. The fourth-order valence-corrected chi connectivity index (χ4v) is 5.11. The van der Waals surface area contributed by atoms with E-state index in [2.05, 4.69) is 29.5 Å². The highest BCUT2D eigenvalue weighted by Gasteiger charge is 2.18. The number of allylic oxidation sites excluding steroid dienone is 2. The van der Waals surface area contributed by atoms with E-state index in [0.717, 1.165) is 17.9 Å². The van der Waals surface area contributed by atoms with Crippen LogP contribution in [0.1, 0.15) is 5.56 Å². The SMILES string of the molecule is O=S(=O)(c1ccccc1)c1ccc(CN2C=CC3=CCSC3=C2)cc1. The van der Waals surface area contributed by atoms with Crippen LogP contribution >= 0.6 is 11.8 Å². The first-order valence-electron chi connectivity index (χ1n) is 8.01. The maximum absolute atomic E-state index is 12.6. The van der Waals surface area contributed by atoms with Crippen molar-refractivity contribution >= 4 is 21.6 Å². The summed E-state index contributed by atoms with van der Waals surface area (Å²) in [5.74, 6) is 1.03. The molecule has 2 aromatic carbocycles. The monoisotopic (exact) mass is 367 g/mol. The van der Waals surface area contributed by atoms with Crippen LogP contribution in [0, 0.1) is 0 Å². The molecule has 0 saturated heterocycles. The van der Waals surface area contributed by atoms with Gasteiger partial charge in [0, 0.05) is 29.6 Å². The van der Waals surface area contributed by atoms with Crippen molar-refractivity contribution in [2.24, 2.45) is 0 Å². The summed E-state index contributed by atoms with van der Waals surface area (Å²) in [6, 6.07) is 15.7. The molecule has 126 valence electrons. The van der Waals surface area contributed by atoms with Gasteiger partial charge in [0.05, 0.1) is 9.79 Å². The molecule has 0 N–H and O–H groups in total. The molecule has 0 fully saturated rings. The van der Waals surface area contributed by atoms with Gasteiger partial charge in [0.2, 0.25) is 9.84 Å². The summed E-state index contributed by atoms with van der Waals surface area (Å²) in [5, 5.41) is 0. The normalized spacial score (nSPS) is 16.4. The van der Waals surface area contributed by atoms with Gasteiger partial charge >= 0.3 is 0 Å². The highest BCUT2D eigenvalue weighted by atomic mass is 32.2. The van der Waals surface area contributed by atoms with Crippen LogP contribution in [0.5, 0.6) is 0 Å². The van der Waals surface area contributed by atoms with E-state index < -0.39 is 9.84 Å². The first kappa shape index (κ1) is 16.2. The Morgan fingerprint density at radius 3 is 2.44 bits per heavy atom. The fraction of sp³-hybridized carbons (Fsp3) is 0.100. The van der Waals surface area contributed by atoms with Gasteiger partial charge in [-0.2, -0.15) is 0 Å². The number of hydrogen-bond donors (Lipinski definition) is 0. The van der Waals surface area contributed by atoms with E-state index >= 15 is 0 Å². The number of benzene rings is 2. The maximum Gasteiger partial charge on any atom is 0.206 e. The highest BCUT2D eigenvalue weighted by molar-refractivity contribution is 8.03. The quantitative estimate of drug-likeness (QED) is 0.804. The Hall–Kier alpha value is -2.24. The average molecular weight is 367 g/mol. The number of fused-ring (bicyclic) bond motifs is 1. The Morgan fingerprint density at radius 1 is 0.960 bits per heavy atom. The molecule has 4 rings (SSSR count). The minimum absolute atomic E-state index is 0.323. The number of sulfone groups is 1. The molecule has 5 heteroatoms. The molecule has 0 saturated carbocycles. The molecule has 0 radical (unpaired) electrons. The lowest BCUT2D eigenvalue weighted by Crippen LogP contribution is -2.12. The smallest absolute Gasteiger partial charge is 0.206 e. The molecular formula is C20H17NO2S2. The molecule has 3 nitrogen and oxygen atoms in total. The summed E-state index contributed by atoms with van der Waals surface area (Å²) in [6.45, 7) is 0.722. The zero-order chi connectivity index (χ0) is 17.3. The van der Waals surface area contributed by atoms with E-state index in [1.807, 2.05) is 30.0 Å². The summed E-state index contributed by atoms with van der Waals surface area (Å²) in [4.78, 5) is 4.08. The molecule has 0 bridgehead atoms. The van der Waals surface area contributed by atoms with Crippen molar-refractivity contribution in [3.8, 4) is 0 Å². The van der Waals surface area contributed by atoms with Crippen molar-refractivity contribution in [2.45, 2.75) is 16.3 Å². The second kappa shape index (κ2) is 6.58. The van der Waals surface area contributed by atoms with Gasteiger partial charge in [-0.15, -0.1) is 11.8 Å². The second-order valence-electron chi connectivity index (χ2n) is 5.91. The van der Waals surface area contributed by atoms with Crippen LogP contribution in [0.25, 0.3) is 0 Å². The predicted molar refractivity (Wildman–Crippen MR) is 102 cm³/mol. The predicted octanol–water partition coefficient (Wildman–Crippen LogP) is 4.36. The summed E-state index contributed by atoms with van der Waals surface area (Å²) < 4.78 is 25.2. The van der Waals surface area contributed by atoms with Crippen LogP contribution in [-0.2, 0) is 16.4 Å². The number of rotatable bonds is 4. The van der Waals surface area contributed by atoms with E-state index in [0.29, 0.717) is 9.79 Å². The number of nitrogens with zero attached hydrogens (tertiary/aromatic N) is 1. The lowest BCUT2D eigenvalue weighted by molar-refractivity contribution is 0.496. The third kappa shape index (κ3) is 3.30. The Bertz CT molecular complexity index is 972. The first-order valence-corrected chi connectivity index (χ1v) is 10.5. The molecule has 0 unspecified atom stereocenters. The number of hydrogen-bond acceptors (Lipinski definition) is 4.